The standard InChI is InChI=1S/C20H33N5O/c1-21-19(26)18-10-7-9-17(15-18)16-24-20(22-2)23-11-8-14-25-12-5-3-4-6-13-25/h7,9-10,15H,3-6,8,11-14,16H2,1-2H3,(H,21,26)(H2,22,23,24). The van der Waals surface area contributed by atoms with Crippen LogP contribution in [0.15, 0.2) is 29.3 Å². The third-order valence-electron chi connectivity index (χ3n) is 4.74. The van der Waals surface area contributed by atoms with Crippen LogP contribution in [0.4, 0.5) is 0 Å². The molecular formula is C20H33N5O. The molecule has 1 aromatic rings. The van der Waals surface area contributed by atoms with Gasteiger partial charge in [-0.05, 0) is 56.6 Å². The molecule has 1 aliphatic rings. The van der Waals surface area contributed by atoms with Gasteiger partial charge in [0.2, 0.25) is 0 Å². The number of guanidine groups is 1. The van der Waals surface area contributed by atoms with Crippen LogP contribution in [-0.4, -0.2) is 57.0 Å². The van der Waals surface area contributed by atoms with Crippen LogP contribution >= 0.6 is 0 Å². The fourth-order valence-corrected chi connectivity index (χ4v) is 3.24. The van der Waals surface area contributed by atoms with Crippen LogP contribution in [-0.2, 0) is 6.54 Å². The van der Waals surface area contributed by atoms with Gasteiger partial charge >= 0.3 is 0 Å². The van der Waals surface area contributed by atoms with Gasteiger partial charge in [-0.1, -0.05) is 25.0 Å². The highest BCUT2D eigenvalue weighted by Gasteiger charge is 2.08. The van der Waals surface area contributed by atoms with E-state index in [0.29, 0.717) is 12.1 Å². The van der Waals surface area contributed by atoms with Gasteiger partial charge in [0.05, 0.1) is 0 Å². The van der Waals surface area contributed by atoms with Gasteiger partial charge in [-0.2, -0.15) is 0 Å². The summed E-state index contributed by atoms with van der Waals surface area (Å²) < 4.78 is 0. The van der Waals surface area contributed by atoms with Crippen LogP contribution in [0, 0.1) is 0 Å². The Bertz CT molecular complexity index is 579. The van der Waals surface area contributed by atoms with Crippen molar-refractivity contribution in [3.8, 4) is 0 Å². The zero-order valence-electron chi connectivity index (χ0n) is 16.2. The first-order valence-corrected chi connectivity index (χ1v) is 9.71. The molecule has 1 aliphatic heterocycles. The minimum Gasteiger partial charge on any atom is -0.356 e. The van der Waals surface area contributed by atoms with Crippen LogP contribution in [0.3, 0.4) is 0 Å². The van der Waals surface area contributed by atoms with E-state index in [1.807, 2.05) is 24.3 Å². The fourth-order valence-electron chi connectivity index (χ4n) is 3.24. The molecule has 1 aromatic carbocycles. The van der Waals surface area contributed by atoms with Crippen molar-refractivity contribution in [1.29, 1.82) is 0 Å². The fraction of sp³-hybridized carbons (Fsp3) is 0.600. The Kier molecular flexibility index (Phi) is 8.96. The number of hydrogen-bond donors (Lipinski definition) is 3. The van der Waals surface area contributed by atoms with Crippen LogP contribution < -0.4 is 16.0 Å². The average molecular weight is 360 g/mol. The quantitative estimate of drug-likeness (QED) is 0.396. The van der Waals surface area contributed by atoms with Gasteiger partial charge in [-0.25, -0.2) is 0 Å². The summed E-state index contributed by atoms with van der Waals surface area (Å²) in [5.74, 6) is 0.731. The molecule has 0 saturated carbocycles. The molecule has 1 saturated heterocycles. The van der Waals surface area contributed by atoms with Crippen molar-refractivity contribution >= 4 is 11.9 Å². The highest BCUT2D eigenvalue weighted by atomic mass is 16.1. The van der Waals surface area contributed by atoms with Crippen molar-refractivity contribution < 1.29 is 4.79 Å². The van der Waals surface area contributed by atoms with E-state index in [9.17, 15) is 4.79 Å². The highest BCUT2D eigenvalue weighted by Crippen LogP contribution is 2.09. The third kappa shape index (κ3) is 7.04. The lowest BCUT2D eigenvalue weighted by Gasteiger charge is -2.20. The predicted molar refractivity (Wildman–Crippen MR) is 108 cm³/mol. The van der Waals surface area contributed by atoms with Crippen molar-refractivity contribution in [1.82, 2.24) is 20.9 Å². The van der Waals surface area contributed by atoms with Gasteiger partial charge in [0.15, 0.2) is 5.96 Å². The summed E-state index contributed by atoms with van der Waals surface area (Å²) in [6, 6.07) is 7.63. The van der Waals surface area contributed by atoms with Crippen molar-refractivity contribution in [2.75, 3.05) is 40.3 Å². The minimum absolute atomic E-state index is 0.0668. The second-order valence-corrected chi connectivity index (χ2v) is 6.74. The number of nitrogens with zero attached hydrogens (tertiary/aromatic N) is 2. The number of carbonyl (C=O) groups excluding carboxylic acids is 1. The largest absolute Gasteiger partial charge is 0.356 e. The van der Waals surface area contributed by atoms with Crippen LogP contribution in [0.2, 0.25) is 0 Å². The number of aliphatic imine (C=N–C) groups is 1. The third-order valence-corrected chi connectivity index (χ3v) is 4.74. The molecule has 6 heteroatoms. The molecule has 0 radical (unpaired) electrons. The molecule has 0 aliphatic carbocycles. The Morgan fingerprint density at radius 3 is 2.62 bits per heavy atom. The molecular weight excluding hydrogens is 326 g/mol. The maximum Gasteiger partial charge on any atom is 0.251 e. The van der Waals surface area contributed by atoms with Crippen LogP contribution in [0.5, 0.6) is 0 Å². The predicted octanol–water partition coefficient (Wildman–Crippen LogP) is 1.98. The van der Waals surface area contributed by atoms with Crippen LogP contribution in [0.1, 0.15) is 48.0 Å². The maximum atomic E-state index is 11.7. The number of rotatable bonds is 7. The average Bonchev–Trinajstić information content (AvgIpc) is 2.96. The van der Waals surface area contributed by atoms with Gasteiger partial charge in [-0.3, -0.25) is 9.79 Å². The SMILES string of the molecule is CN=C(NCCCN1CCCCCC1)NCc1cccc(C(=O)NC)c1. The molecule has 3 N–H and O–H groups in total. The Morgan fingerprint density at radius 1 is 1.15 bits per heavy atom. The highest BCUT2D eigenvalue weighted by molar-refractivity contribution is 5.94. The van der Waals surface area contributed by atoms with Crippen LogP contribution in [0.25, 0.3) is 0 Å². The summed E-state index contributed by atoms with van der Waals surface area (Å²) >= 11 is 0. The molecule has 6 nitrogen and oxygen atoms in total. The first-order chi connectivity index (χ1) is 12.7. The number of hydrogen-bond acceptors (Lipinski definition) is 3. The van der Waals surface area contributed by atoms with Crippen molar-refractivity contribution in [2.24, 2.45) is 4.99 Å². The van der Waals surface area contributed by atoms with Gasteiger partial charge < -0.3 is 20.9 Å². The molecule has 26 heavy (non-hydrogen) atoms. The summed E-state index contributed by atoms with van der Waals surface area (Å²) in [4.78, 5) is 18.6. The smallest absolute Gasteiger partial charge is 0.251 e. The summed E-state index contributed by atoms with van der Waals surface area (Å²) in [5.41, 5.74) is 1.73. The minimum atomic E-state index is -0.0668. The second kappa shape index (κ2) is 11.5. The zero-order chi connectivity index (χ0) is 18.6. The van der Waals surface area contributed by atoms with E-state index in [4.69, 9.17) is 0 Å². The van der Waals surface area contributed by atoms with Crippen molar-refractivity contribution in [3.05, 3.63) is 35.4 Å². The number of carbonyl (C=O) groups is 1. The molecule has 1 amide bonds. The lowest BCUT2D eigenvalue weighted by Crippen LogP contribution is -2.38. The second-order valence-electron chi connectivity index (χ2n) is 6.74. The number of amides is 1. The summed E-state index contributed by atoms with van der Waals surface area (Å²) in [6.45, 7) is 5.19. The number of benzene rings is 1. The van der Waals surface area contributed by atoms with E-state index in [1.165, 1.54) is 38.8 Å². The molecule has 2 rings (SSSR count). The molecule has 0 aromatic heterocycles. The summed E-state index contributed by atoms with van der Waals surface area (Å²) in [5, 5.41) is 9.34. The van der Waals surface area contributed by atoms with E-state index >= 15 is 0 Å². The van der Waals surface area contributed by atoms with Gasteiger partial charge in [-0.15, -0.1) is 0 Å². The molecule has 0 spiro atoms. The molecule has 1 heterocycles. The zero-order valence-corrected chi connectivity index (χ0v) is 16.2. The van der Waals surface area contributed by atoms with Crippen molar-refractivity contribution in [3.63, 3.8) is 0 Å². The first kappa shape index (κ1) is 20.2. The van der Waals surface area contributed by atoms with E-state index in [0.717, 1.165) is 31.0 Å². The van der Waals surface area contributed by atoms with Crippen molar-refractivity contribution in [2.45, 2.75) is 38.6 Å². The normalized spacial score (nSPS) is 16.0. The molecule has 0 atom stereocenters. The molecule has 1 fully saturated rings. The van der Waals surface area contributed by atoms with E-state index in [1.54, 1.807) is 14.1 Å². The van der Waals surface area contributed by atoms with E-state index < -0.39 is 0 Å². The summed E-state index contributed by atoms with van der Waals surface area (Å²) in [6.07, 6.45) is 6.56. The lowest BCUT2D eigenvalue weighted by atomic mass is 10.1. The molecule has 0 unspecified atom stereocenters. The lowest BCUT2D eigenvalue weighted by molar-refractivity contribution is 0.0963. The molecule has 0 bridgehead atoms. The Hall–Kier alpha value is -2.08. The Labute approximate surface area is 157 Å². The Balaban J connectivity index is 1.70. The Morgan fingerprint density at radius 2 is 1.92 bits per heavy atom. The number of nitrogens with one attached hydrogen (secondary N) is 3. The topological polar surface area (TPSA) is 68.8 Å². The van der Waals surface area contributed by atoms with Gasteiger partial charge in [0.1, 0.15) is 0 Å². The maximum absolute atomic E-state index is 11.7. The first-order valence-electron chi connectivity index (χ1n) is 9.71. The van der Waals surface area contributed by atoms with Gasteiger partial charge in [0, 0.05) is 32.7 Å². The van der Waals surface area contributed by atoms with Gasteiger partial charge in [0.25, 0.3) is 5.91 Å². The number of likely N-dealkylation sites (tertiary alicyclic amines) is 1. The monoisotopic (exact) mass is 359 g/mol. The summed E-state index contributed by atoms with van der Waals surface area (Å²) in [7, 11) is 3.43. The van der Waals surface area contributed by atoms with E-state index in [2.05, 4.69) is 25.8 Å². The molecule has 144 valence electrons. The van der Waals surface area contributed by atoms with E-state index in [-0.39, 0.29) is 5.91 Å².